The van der Waals surface area contributed by atoms with Crippen LogP contribution in [0.2, 0.25) is 0 Å². The minimum Gasteiger partial charge on any atom is -0.411 e. The lowest BCUT2D eigenvalue weighted by Gasteiger charge is -2.09. The fourth-order valence-corrected chi connectivity index (χ4v) is 4.11. The number of benzene rings is 1. The molecule has 0 aliphatic carbocycles. The van der Waals surface area contributed by atoms with Crippen molar-refractivity contribution in [2.75, 3.05) is 11.1 Å². The van der Waals surface area contributed by atoms with Gasteiger partial charge in [-0.3, -0.25) is 4.79 Å². The van der Waals surface area contributed by atoms with Crippen molar-refractivity contribution in [2.45, 2.75) is 17.7 Å². The van der Waals surface area contributed by atoms with Crippen LogP contribution < -0.4 is 5.32 Å². The Kier molecular flexibility index (Phi) is 3.94. The van der Waals surface area contributed by atoms with Gasteiger partial charge in [-0.2, -0.15) is 0 Å². The maximum Gasteiger partial charge on any atom is 0.234 e. The molecule has 1 aromatic carbocycles. The monoisotopic (exact) mass is 319 g/mol. The first-order valence-corrected chi connectivity index (χ1v) is 8.22. The molecule has 3 rings (SSSR count). The summed E-state index contributed by atoms with van der Waals surface area (Å²) >= 11 is 3.02. The maximum atomic E-state index is 12.4. The van der Waals surface area contributed by atoms with Gasteiger partial charge in [0.15, 0.2) is 5.13 Å². The average Bonchev–Trinajstić information content (AvgIpc) is 3.12. The number of nitrogens with zero attached hydrogens (tertiary/aromatic N) is 2. The molecule has 0 fully saturated rings. The Bertz CT molecular complexity index is 712. The third-order valence-electron chi connectivity index (χ3n) is 3.27. The van der Waals surface area contributed by atoms with Crippen LogP contribution in [0.1, 0.15) is 24.1 Å². The summed E-state index contributed by atoms with van der Waals surface area (Å²) in [5.41, 5.74) is 2.07. The fraction of sp³-hybridized carbons (Fsp3) is 0.214. The van der Waals surface area contributed by atoms with Crippen LogP contribution in [0.15, 0.2) is 39.7 Å². The molecule has 1 aliphatic heterocycles. The second kappa shape index (κ2) is 5.87. The number of thioether (sulfide) groups is 1. The molecular formula is C14H13N3O2S2. The Hall–Kier alpha value is -1.86. The number of amides is 1. The van der Waals surface area contributed by atoms with Crippen LogP contribution >= 0.6 is 23.1 Å². The number of hydrogen-bond donors (Lipinski definition) is 2. The van der Waals surface area contributed by atoms with Crippen LogP contribution in [0, 0.1) is 0 Å². The summed E-state index contributed by atoms with van der Waals surface area (Å²) in [6, 6.07) is 7.97. The SMILES string of the molecule is CC(=NO)c1csc(NC(=O)C2CSc3ccccc32)n1. The number of anilines is 1. The van der Waals surface area contributed by atoms with E-state index in [1.807, 2.05) is 24.3 Å². The number of fused-ring (bicyclic) bond motifs is 1. The lowest BCUT2D eigenvalue weighted by molar-refractivity contribution is -0.117. The first kappa shape index (κ1) is 14.1. The molecule has 2 N–H and O–H groups in total. The van der Waals surface area contributed by atoms with Crippen molar-refractivity contribution >= 4 is 39.8 Å². The molecule has 21 heavy (non-hydrogen) atoms. The summed E-state index contributed by atoms with van der Waals surface area (Å²) in [5.74, 6) is 0.554. The van der Waals surface area contributed by atoms with Crippen LogP contribution in [-0.4, -0.2) is 27.6 Å². The zero-order valence-corrected chi connectivity index (χ0v) is 12.9. The number of aromatic nitrogens is 1. The van der Waals surface area contributed by atoms with Gasteiger partial charge in [0.1, 0.15) is 11.4 Å². The molecule has 2 aromatic rings. The van der Waals surface area contributed by atoms with Crippen LogP contribution in [0.25, 0.3) is 0 Å². The lowest BCUT2D eigenvalue weighted by atomic mass is 10.0. The molecule has 0 saturated carbocycles. The van der Waals surface area contributed by atoms with Gasteiger partial charge in [0.05, 0.1) is 5.92 Å². The highest BCUT2D eigenvalue weighted by Gasteiger charge is 2.29. The van der Waals surface area contributed by atoms with Gasteiger partial charge in [-0.05, 0) is 18.6 Å². The highest BCUT2D eigenvalue weighted by molar-refractivity contribution is 7.99. The summed E-state index contributed by atoms with van der Waals surface area (Å²) in [7, 11) is 0. The van der Waals surface area contributed by atoms with E-state index in [0.717, 1.165) is 11.3 Å². The number of nitrogens with one attached hydrogen (secondary N) is 1. The van der Waals surface area contributed by atoms with Crippen LogP contribution in [0.3, 0.4) is 0 Å². The third kappa shape index (κ3) is 2.79. The van der Waals surface area contributed by atoms with Gasteiger partial charge in [0, 0.05) is 16.0 Å². The first-order chi connectivity index (χ1) is 10.2. The van der Waals surface area contributed by atoms with Crippen LogP contribution in [0.5, 0.6) is 0 Å². The van der Waals surface area contributed by atoms with E-state index >= 15 is 0 Å². The van der Waals surface area contributed by atoms with E-state index in [4.69, 9.17) is 5.21 Å². The number of rotatable bonds is 3. The van der Waals surface area contributed by atoms with Gasteiger partial charge in [-0.25, -0.2) is 4.98 Å². The van der Waals surface area contributed by atoms with E-state index in [9.17, 15) is 4.79 Å². The smallest absolute Gasteiger partial charge is 0.234 e. The Labute approximate surface area is 130 Å². The van der Waals surface area contributed by atoms with Crippen LogP contribution in [-0.2, 0) is 4.79 Å². The van der Waals surface area contributed by atoms with Crippen molar-refractivity contribution < 1.29 is 10.0 Å². The molecule has 1 atom stereocenters. The quantitative estimate of drug-likeness (QED) is 0.518. The Morgan fingerprint density at radius 1 is 1.48 bits per heavy atom. The average molecular weight is 319 g/mol. The van der Waals surface area contributed by atoms with Crippen molar-refractivity contribution in [3.63, 3.8) is 0 Å². The highest BCUT2D eigenvalue weighted by atomic mass is 32.2. The summed E-state index contributed by atoms with van der Waals surface area (Å²) in [4.78, 5) is 17.8. The van der Waals surface area contributed by atoms with Crippen molar-refractivity contribution in [1.82, 2.24) is 4.98 Å². The number of hydrogen-bond acceptors (Lipinski definition) is 6. The summed E-state index contributed by atoms with van der Waals surface area (Å²) in [6.07, 6.45) is 0. The highest BCUT2D eigenvalue weighted by Crippen LogP contribution is 2.39. The summed E-state index contributed by atoms with van der Waals surface area (Å²) in [6.45, 7) is 1.66. The molecule has 1 amide bonds. The van der Waals surface area contributed by atoms with Crippen molar-refractivity contribution in [3.05, 3.63) is 40.9 Å². The lowest BCUT2D eigenvalue weighted by Crippen LogP contribution is -2.21. The summed E-state index contributed by atoms with van der Waals surface area (Å²) < 4.78 is 0. The normalized spacial score (nSPS) is 17.6. The molecule has 7 heteroatoms. The largest absolute Gasteiger partial charge is 0.411 e. The molecule has 0 spiro atoms. The van der Waals surface area contributed by atoms with E-state index in [1.165, 1.54) is 16.2 Å². The molecule has 0 saturated heterocycles. The molecule has 2 heterocycles. The van der Waals surface area contributed by atoms with E-state index in [-0.39, 0.29) is 11.8 Å². The summed E-state index contributed by atoms with van der Waals surface area (Å²) in [5, 5.41) is 16.9. The Morgan fingerprint density at radius 3 is 3.10 bits per heavy atom. The van der Waals surface area contributed by atoms with Gasteiger partial charge in [0.2, 0.25) is 5.91 Å². The minimum atomic E-state index is -0.147. The predicted molar refractivity (Wildman–Crippen MR) is 84.6 cm³/mol. The van der Waals surface area contributed by atoms with Crippen molar-refractivity contribution in [3.8, 4) is 0 Å². The van der Waals surface area contributed by atoms with Crippen LogP contribution in [0.4, 0.5) is 5.13 Å². The van der Waals surface area contributed by atoms with E-state index in [0.29, 0.717) is 16.5 Å². The fourth-order valence-electron chi connectivity index (χ4n) is 2.12. The van der Waals surface area contributed by atoms with Gasteiger partial charge < -0.3 is 10.5 Å². The zero-order valence-electron chi connectivity index (χ0n) is 11.2. The zero-order chi connectivity index (χ0) is 14.8. The molecular weight excluding hydrogens is 306 g/mol. The third-order valence-corrected chi connectivity index (χ3v) is 5.21. The second-order valence-corrected chi connectivity index (χ2v) is 6.53. The van der Waals surface area contributed by atoms with Crippen molar-refractivity contribution in [2.24, 2.45) is 5.16 Å². The second-order valence-electron chi connectivity index (χ2n) is 4.61. The Morgan fingerprint density at radius 2 is 2.29 bits per heavy atom. The number of oxime groups is 1. The minimum absolute atomic E-state index is 0.0491. The maximum absolute atomic E-state index is 12.4. The molecule has 1 aliphatic rings. The van der Waals surface area contributed by atoms with E-state index in [1.54, 1.807) is 24.1 Å². The van der Waals surface area contributed by atoms with Gasteiger partial charge in [-0.15, -0.1) is 23.1 Å². The topological polar surface area (TPSA) is 74.6 Å². The Balaban J connectivity index is 1.74. The predicted octanol–water partition coefficient (Wildman–Crippen LogP) is 3.17. The van der Waals surface area contributed by atoms with Gasteiger partial charge in [0.25, 0.3) is 0 Å². The number of carbonyl (C=O) groups excluding carboxylic acids is 1. The molecule has 0 bridgehead atoms. The van der Waals surface area contributed by atoms with E-state index in [2.05, 4.69) is 15.5 Å². The van der Waals surface area contributed by atoms with Gasteiger partial charge in [-0.1, -0.05) is 23.4 Å². The molecule has 1 unspecified atom stereocenters. The molecule has 5 nitrogen and oxygen atoms in total. The molecule has 108 valence electrons. The number of carbonyl (C=O) groups is 1. The molecule has 0 radical (unpaired) electrons. The first-order valence-electron chi connectivity index (χ1n) is 6.36. The van der Waals surface area contributed by atoms with E-state index < -0.39 is 0 Å². The molecule has 1 aromatic heterocycles. The van der Waals surface area contributed by atoms with Crippen molar-refractivity contribution in [1.29, 1.82) is 0 Å². The van der Waals surface area contributed by atoms with Gasteiger partial charge >= 0.3 is 0 Å². The standard InChI is InChI=1S/C14H13N3O2S2/c1-8(17-19)11-7-21-14(15-11)16-13(18)10-6-20-12-5-3-2-4-9(10)12/h2-5,7,10,19H,6H2,1H3,(H,15,16,18). The number of thiazole rings is 1.